The highest BCUT2D eigenvalue weighted by atomic mass is 19.1. The van der Waals surface area contributed by atoms with Crippen LogP contribution in [0.2, 0.25) is 0 Å². The summed E-state index contributed by atoms with van der Waals surface area (Å²) in [7, 11) is 0. The topological polar surface area (TPSA) is 25.8 Å². The molecule has 0 radical (unpaired) electrons. The molecule has 0 spiro atoms. The molecule has 3 heteroatoms. The van der Waals surface area contributed by atoms with Crippen LogP contribution in [-0.4, -0.2) is 9.97 Å². The molecule has 2 nitrogen and oxygen atoms in total. The van der Waals surface area contributed by atoms with E-state index in [2.05, 4.69) is 9.97 Å². The summed E-state index contributed by atoms with van der Waals surface area (Å²) in [6.07, 6.45) is 4.66. The molecule has 70 valence electrons. The minimum atomic E-state index is -0.259. The van der Waals surface area contributed by atoms with E-state index in [1.165, 1.54) is 6.07 Å². The number of aryl methyl sites for hydroxylation is 1. The summed E-state index contributed by atoms with van der Waals surface area (Å²) in [4.78, 5) is 7.93. The van der Waals surface area contributed by atoms with E-state index >= 15 is 0 Å². The Morgan fingerprint density at radius 3 is 2.71 bits per heavy atom. The van der Waals surface area contributed by atoms with Crippen LogP contribution in [0.3, 0.4) is 0 Å². The van der Waals surface area contributed by atoms with Crippen molar-refractivity contribution in [1.82, 2.24) is 9.97 Å². The van der Waals surface area contributed by atoms with Crippen LogP contribution in [0, 0.1) is 12.7 Å². The normalized spacial score (nSPS) is 10.1. The molecule has 0 aliphatic heterocycles. The molecule has 2 aromatic rings. The van der Waals surface area contributed by atoms with Crippen molar-refractivity contribution in [3.63, 3.8) is 0 Å². The maximum atomic E-state index is 13.5. The highest BCUT2D eigenvalue weighted by molar-refractivity contribution is 5.59. The number of hydrogen-bond donors (Lipinski definition) is 0. The van der Waals surface area contributed by atoms with E-state index in [-0.39, 0.29) is 5.82 Å². The molecule has 0 aliphatic carbocycles. The van der Waals surface area contributed by atoms with Gasteiger partial charge in [-0.3, -0.25) is 9.97 Å². The zero-order valence-corrected chi connectivity index (χ0v) is 7.74. The summed E-state index contributed by atoms with van der Waals surface area (Å²) in [5.74, 6) is -0.259. The van der Waals surface area contributed by atoms with Crippen molar-refractivity contribution in [3.05, 3.63) is 48.2 Å². The van der Waals surface area contributed by atoms with Crippen LogP contribution in [-0.2, 0) is 0 Å². The van der Waals surface area contributed by atoms with E-state index < -0.39 is 0 Å². The Morgan fingerprint density at radius 2 is 2.07 bits per heavy atom. The van der Waals surface area contributed by atoms with E-state index in [1.54, 1.807) is 24.7 Å². The van der Waals surface area contributed by atoms with Crippen LogP contribution < -0.4 is 0 Å². The van der Waals surface area contributed by atoms with Crippen LogP contribution in [0.5, 0.6) is 0 Å². The smallest absolute Gasteiger partial charge is 0.132 e. The molecular weight excluding hydrogens is 179 g/mol. The molecule has 0 amide bonds. The van der Waals surface area contributed by atoms with E-state index in [1.807, 2.05) is 13.0 Å². The molecule has 0 aliphatic rings. The van der Waals surface area contributed by atoms with E-state index in [4.69, 9.17) is 0 Å². The van der Waals surface area contributed by atoms with Crippen molar-refractivity contribution in [1.29, 1.82) is 0 Å². The summed E-state index contributed by atoms with van der Waals surface area (Å²) in [5.41, 5.74) is 1.95. The fourth-order valence-corrected chi connectivity index (χ4v) is 1.27. The number of halogens is 1. The summed E-state index contributed by atoms with van der Waals surface area (Å²) >= 11 is 0. The predicted octanol–water partition coefficient (Wildman–Crippen LogP) is 2.59. The lowest BCUT2D eigenvalue weighted by Gasteiger charge is -2.02. The van der Waals surface area contributed by atoms with Crippen molar-refractivity contribution in [3.8, 4) is 11.3 Å². The van der Waals surface area contributed by atoms with Gasteiger partial charge < -0.3 is 0 Å². The third-order valence-corrected chi connectivity index (χ3v) is 1.96. The van der Waals surface area contributed by atoms with Gasteiger partial charge in [-0.2, -0.15) is 0 Å². The quantitative estimate of drug-likeness (QED) is 0.687. The van der Waals surface area contributed by atoms with Crippen LogP contribution in [0.15, 0.2) is 36.8 Å². The molecular formula is C11H9FN2. The molecule has 0 bridgehead atoms. The fraction of sp³-hybridized carbons (Fsp3) is 0.0909. The van der Waals surface area contributed by atoms with Gasteiger partial charge in [0.1, 0.15) is 5.82 Å². The number of aromatic nitrogens is 2. The van der Waals surface area contributed by atoms with Crippen LogP contribution in [0.1, 0.15) is 5.56 Å². The summed E-state index contributed by atoms with van der Waals surface area (Å²) in [6.45, 7) is 1.85. The predicted molar refractivity (Wildman–Crippen MR) is 52.2 cm³/mol. The lowest BCUT2D eigenvalue weighted by atomic mass is 10.1. The van der Waals surface area contributed by atoms with Crippen molar-refractivity contribution < 1.29 is 4.39 Å². The van der Waals surface area contributed by atoms with E-state index in [9.17, 15) is 4.39 Å². The minimum absolute atomic E-state index is 0.259. The van der Waals surface area contributed by atoms with Crippen molar-refractivity contribution in [2.75, 3.05) is 0 Å². The number of nitrogens with zero attached hydrogens (tertiary/aromatic N) is 2. The molecule has 1 heterocycles. The first-order valence-electron chi connectivity index (χ1n) is 4.30. The second kappa shape index (κ2) is 3.54. The third-order valence-electron chi connectivity index (χ3n) is 1.96. The molecule has 2 rings (SSSR count). The van der Waals surface area contributed by atoms with Gasteiger partial charge in [0.2, 0.25) is 0 Å². The fourth-order valence-electron chi connectivity index (χ4n) is 1.27. The van der Waals surface area contributed by atoms with Gasteiger partial charge in [0, 0.05) is 18.0 Å². The number of benzene rings is 1. The second-order valence-corrected chi connectivity index (χ2v) is 3.07. The molecule has 0 atom stereocenters. The largest absolute Gasteiger partial charge is 0.261 e. The van der Waals surface area contributed by atoms with Crippen molar-refractivity contribution in [2.24, 2.45) is 0 Å². The Bertz CT molecular complexity index is 440. The summed E-state index contributed by atoms with van der Waals surface area (Å²) < 4.78 is 13.5. The van der Waals surface area contributed by atoms with Gasteiger partial charge >= 0.3 is 0 Å². The molecule has 1 aromatic heterocycles. The lowest BCUT2D eigenvalue weighted by Crippen LogP contribution is -1.89. The first-order valence-corrected chi connectivity index (χ1v) is 4.30. The van der Waals surface area contributed by atoms with Gasteiger partial charge in [-0.15, -0.1) is 0 Å². The maximum Gasteiger partial charge on any atom is 0.132 e. The molecule has 0 unspecified atom stereocenters. The summed E-state index contributed by atoms with van der Waals surface area (Å²) in [6, 6.07) is 5.06. The maximum absolute atomic E-state index is 13.5. The Kier molecular flexibility index (Phi) is 2.23. The van der Waals surface area contributed by atoms with Gasteiger partial charge in [0.15, 0.2) is 0 Å². The molecule has 0 saturated heterocycles. The lowest BCUT2D eigenvalue weighted by molar-refractivity contribution is 0.629. The number of rotatable bonds is 1. The van der Waals surface area contributed by atoms with Crippen molar-refractivity contribution >= 4 is 0 Å². The molecule has 14 heavy (non-hydrogen) atoms. The van der Waals surface area contributed by atoms with Crippen molar-refractivity contribution in [2.45, 2.75) is 6.92 Å². The van der Waals surface area contributed by atoms with Gasteiger partial charge in [0.05, 0.1) is 11.9 Å². The first kappa shape index (κ1) is 8.81. The Balaban J connectivity index is 2.53. The standard InChI is InChI=1S/C11H9FN2/c1-8-2-3-9(10(12)6-8)11-7-13-4-5-14-11/h2-7H,1H3. The zero-order chi connectivity index (χ0) is 9.97. The van der Waals surface area contributed by atoms with Crippen LogP contribution in [0.25, 0.3) is 11.3 Å². The summed E-state index contributed by atoms with van der Waals surface area (Å²) in [5, 5.41) is 0. The average Bonchev–Trinajstić information content (AvgIpc) is 2.19. The zero-order valence-electron chi connectivity index (χ0n) is 7.74. The Hall–Kier alpha value is -1.77. The molecule has 0 fully saturated rings. The Morgan fingerprint density at radius 1 is 1.21 bits per heavy atom. The van der Waals surface area contributed by atoms with Gasteiger partial charge in [-0.1, -0.05) is 6.07 Å². The Labute approximate surface area is 81.5 Å². The van der Waals surface area contributed by atoms with Crippen LogP contribution >= 0.6 is 0 Å². The highest BCUT2D eigenvalue weighted by Gasteiger charge is 2.05. The van der Waals surface area contributed by atoms with E-state index in [0.717, 1.165) is 5.56 Å². The SMILES string of the molecule is Cc1ccc(-c2cnccn2)c(F)c1. The molecule has 0 N–H and O–H groups in total. The first-order chi connectivity index (χ1) is 6.77. The van der Waals surface area contributed by atoms with Crippen LogP contribution in [0.4, 0.5) is 4.39 Å². The molecule has 0 saturated carbocycles. The minimum Gasteiger partial charge on any atom is -0.261 e. The molecule has 1 aromatic carbocycles. The van der Waals surface area contributed by atoms with E-state index in [0.29, 0.717) is 11.3 Å². The average molecular weight is 188 g/mol. The monoisotopic (exact) mass is 188 g/mol. The third kappa shape index (κ3) is 1.62. The van der Waals surface area contributed by atoms with Gasteiger partial charge in [-0.25, -0.2) is 4.39 Å². The van der Waals surface area contributed by atoms with Gasteiger partial charge in [-0.05, 0) is 24.6 Å². The number of hydrogen-bond acceptors (Lipinski definition) is 2. The highest BCUT2D eigenvalue weighted by Crippen LogP contribution is 2.20. The second-order valence-electron chi connectivity index (χ2n) is 3.07. The van der Waals surface area contributed by atoms with Gasteiger partial charge in [0.25, 0.3) is 0 Å².